The van der Waals surface area contributed by atoms with Gasteiger partial charge in [0.25, 0.3) is 0 Å². The lowest BCUT2D eigenvalue weighted by molar-refractivity contribution is 1.30. The fourth-order valence-electron chi connectivity index (χ4n) is 8.56. The molecule has 0 amide bonds. The lowest BCUT2D eigenvalue weighted by Crippen LogP contribution is -2.11. The Kier molecular flexibility index (Phi) is 7.11. The van der Waals surface area contributed by atoms with Crippen molar-refractivity contribution in [3.63, 3.8) is 0 Å². The third kappa shape index (κ3) is 4.85. The molecule has 0 aliphatic carbocycles. The Labute approximate surface area is 317 Å². The van der Waals surface area contributed by atoms with E-state index >= 15 is 0 Å². The van der Waals surface area contributed by atoms with E-state index in [1.807, 2.05) is 11.3 Å². The molecule has 11 rings (SSSR count). The first kappa shape index (κ1) is 30.8. The SMILES string of the molecule is c1ccc(-c2ccccc2N(c2ccc(-c3cc4ccccc4c4c3ccc3ccccc34)cc2)c2cccc3sc4c5ccccc5ccc4c23)cc1. The third-order valence-electron chi connectivity index (χ3n) is 11.0. The molecule has 0 aliphatic heterocycles. The van der Waals surface area contributed by atoms with Crippen LogP contribution in [0.25, 0.3) is 85.5 Å². The van der Waals surface area contributed by atoms with Crippen LogP contribution >= 0.6 is 11.3 Å². The summed E-state index contributed by atoms with van der Waals surface area (Å²) in [6.45, 7) is 0. The molecule has 0 saturated heterocycles. The van der Waals surface area contributed by atoms with Crippen molar-refractivity contribution in [1.82, 2.24) is 0 Å². The van der Waals surface area contributed by atoms with Gasteiger partial charge in [0.2, 0.25) is 0 Å². The summed E-state index contributed by atoms with van der Waals surface area (Å²) in [5.41, 5.74) is 8.26. The Bertz CT molecular complexity index is 3200. The Morgan fingerprint density at radius 3 is 1.72 bits per heavy atom. The van der Waals surface area contributed by atoms with Crippen LogP contribution in [0.1, 0.15) is 0 Å². The number of nitrogens with zero attached hydrogens (tertiary/aromatic N) is 1. The Morgan fingerprint density at radius 1 is 0.333 bits per heavy atom. The first-order valence-electron chi connectivity index (χ1n) is 18.5. The predicted molar refractivity (Wildman–Crippen MR) is 235 cm³/mol. The van der Waals surface area contributed by atoms with Crippen LogP contribution in [0, 0.1) is 0 Å². The van der Waals surface area contributed by atoms with E-state index in [4.69, 9.17) is 0 Å². The van der Waals surface area contributed by atoms with Crippen molar-refractivity contribution in [1.29, 1.82) is 0 Å². The molecular formula is C52H33NS. The molecule has 0 saturated carbocycles. The molecule has 0 N–H and O–H groups in total. The van der Waals surface area contributed by atoms with Gasteiger partial charge < -0.3 is 4.90 Å². The second-order valence-electron chi connectivity index (χ2n) is 14.0. The fourth-order valence-corrected chi connectivity index (χ4v) is 9.82. The van der Waals surface area contributed by atoms with Gasteiger partial charge in [-0.2, -0.15) is 0 Å². The maximum atomic E-state index is 2.47. The summed E-state index contributed by atoms with van der Waals surface area (Å²) in [6, 6.07) is 73.4. The predicted octanol–water partition coefficient (Wildman–Crippen LogP) is 15.5. The van der Waals surface area contributed by atoms with Crippen LogP contribution in [0.15, 0.2) is 200 Å². The quantitative estimate of drug-likeness (QED) is 0.161. The van der Waals surface area contributed by atoms with Crippen molar-refractivity contribution in [3.05, 3.63) is 200 Å². The van der Waals surface area contributed by atoms with Crippen LogP contribution in [0.2, 0.25) is 0 Å². The highest BCUT2D eigenvalue weighted by molar-refractivity contribution is 7.26. The van der Waals surface area contributed by atoms with E-state index in [9.17, 15) is 0 Å². The molecule has 0 fully saturated rings. The van der Waals surface area contributed by atoms with Crippen molar-refractivity contribution < 1.29 is 0 Å². The maximum absolute atomic E-state index is 2.47. The minimum Gasteiger partial charge on any atom is -0.309 e. The van der Waals surface area contributed by atoms with Crippen LogP contribution in [-0.4, -0.2) is 0 Å². The Balaban J connectivity index is 1.15. The van der Waals surface area contributed by atoms with Crippen LogP contribution in [0.5, 0.6) is 0 Å². The summed E-state index contributed by atoms with van der Waals surface area (Å²) in [5.74, 6) is 0. The van der Waals surface area contributed by atoms with E-state index in [1.54, 1.807) is 0 Å². The summed E-state index contributed by atoms with van der Waals surface area (Å²) >= 11 is 1.89. The topological polar surface area (TPSA) is 3.24 Å². The third-order valence-corrected chi connectivity index (χ3v) is 12.2. The van der Waals surface area contributed by atoms with Crippen molar-refractivity contribution in [2.75, 3.05) is 4.90 Å². The summed E-state index contributed by atoms with van der Waals surface area (Å²) < 4.78 is 2.62. The molecule has 0 bridgehead atoms. The number of thiophene rings is 1. The lowest BCUT2D eigenvalue weighted by atomic mass is 9.90. The van der Waals surface area contributed by atoms with Crippen molar-refractivity contribution >= 4 is 91.7 Å². The first-order valence-corrected chi connectivity index (χ1v) is 19.3. The summed E-state index contributed by atoms with van der Waals surface area (Å²) in [7, 11) is 0. The van der Waals surface area contributed by atoms with Gasteiger partial charge in [0, 0.05) is 31.4 Å². The highest BCUT2D eigenvalue weighted by Crippen LogP contribution is 2.49. The van der Waals surface area contributed by atoms with Gasteiger partial charge in [-0.1, -0.05) is 164 Å². The molecule has 0 aliphatic rings. The number of hydrogen-bond acceptors (Lipinski definition) is 2. The first-order chi connectivity index (χ1) is 26.8. The van der Waals surface area contributed by atoms with Crippen LogP contribution in [-0.2, 0) is 0 Å². The molecular weight excluding hydrogens is 671 g/mol. The minimum atomic E-state index is 1.12. The summed E-state index contributed by atoms with van der Waals surface area (Å²) in [4.78, 5) is 2.47. The highest BCUT2D eigenvalue weighted by Gasteiger charge is 2.22. The van der Waals surface area contributed by atoms with E-state index in [1.165, 1.54) is 91.2 Å². The average molecular weight is 704 g/mol. The Hall–Kier alpha value is -6.74. The normalized spacial score (nSPS) is 11.7. The van der Waals surface area contributed by atoms with Gasteiger partial charge in [0.1, 0.15) is 0 Å². The summed E-state index contributed by atoms with van der Waals surface area (Å²) in [6.07, 6.45) is 0. The van der Waals surface area contributed by atoms with Gasteiger partial charge >= 0.3 is 0 Å². The van der Waals surface area contributed by atoms with Crippen molar-refractivity contribution in [2.45, 2.75) is 0 Å². The molecule has 0 unspecified atom stereocenters. The monoisotopic (exact) mass is 703 g/mol. The largest absolute Gasteiger partial charge is 0.309 e. The molecule has 0 radical (unpaired) electrons. The molecule has 11 aromatic rings. The maximum Gasteiger partial charge on any atom is 0.0555 e. The lowest BCUT2D eigenvalue weighted by Gasteiger charge is -2.29. The van der Waals surface area contributed by atoms with E-state index in [-0.39, 0.29) is 0 Å². The highest BCUT2D eigenvalue weighted by atomic mass is 32.1. The van der Waals surface area contributed by atoms with E-state index in [0.717, 1.165) is 11.4 Å². The number of benzene rings is 10. The average Bonchev–Trinajstić information content (AvgIpc) is 3.64. The second kappa shape index (κ2) is 12.4. The molecule has 1 nitrogen and oxygen atoms in total. The van der Waals surface area contributed by atoms with E-state index in [2.05, 4.69) is 205 Å². The van der Waals surface area contributed by atoms with Gasteiger partial charge in [-0.25, -0.2) is 0 Å². The molecule has 252 valence electrons. The Morgan fingerprint density at radius 2 is 0.926 bits per heavy atom. The zero-order valence-corrected chi connectivity index (χ0v) is 30.2. The van der Waals surface area contributed by atoms with E-state index < -0.39 is 0 Å². The molecule has 10 aromatic carbocycles. The van der Waals surface area contributed by atoms with Gasteiger partial charge in [-0.15, -0.1) is 11.3 Å². The van der Waals surface area contributed by atoms with Gasteiger partial charge in [0.15, 0.2) is 0 Å². The molecule has 1 heterocycles. The number of hydrogen-bond donors (Lipinski definition) is 0. The number of rotatable bonds is 5. The van der Waals surface area contributed by atoms with Gasteiger partial charge in [-0.05, 0) is 96.2 Å². The fraction of sp³-hybridized carbons (Fsp3) is 0. The molecule has 2 heteroatoms. The van der Waals surface area contributed by atoms with Crippen molar-refractivity contribution in [2.24, 2.45) is 0 Å². The minimum absolute atomic E-state index is 1.12. The molecule has 0 spiro atoms. The van der Waals surface area contributed by atoms with Gasteiger partial charge in [-0.3, -0.25) is 0 Å². The van der Waals surface area contributed by atoms with Crippen molar-refractivity contribution in [3.8, 4) is 22.3 Å². The molecule has 0 atom stereocenters. The molecule has 54 heavy (non-hydrogen) atoms. The smallest absolute Gasteiger partial charge is 0.0555 e. The zero-order valence-electron chi connectivity index (χ0n) is 29.4. The van der Waals surface area contributed by atoms with Crippen LogP contribution in [0.3, 0.4) is 0 Å². The van der Waals surface area contributed by atoms with E-state index in [0.29, 0.717) is 0 Å². The molecule has 1 aromatic heterocycles. The standard InChI is InChI=1S/C52H33NS/c1-2-13-34(14-3-1)40-18-10-11-22-47(40)53(48-23-12-24-49-51(48)45-32-28-36-16-5-9-21-43(36)52(45)54-49)39-29-25-37(26-30-39)46-33-38-17-6-8-20-42(38)50-41-19-7-4-15-35(41)27-31-44(46)50/h1-33H. The van der Waals surface area contributed by atoms with Gasteiger partial charge in [0.05, 0.1) is 11.4 Å². The number of anilines is 3. The summed E-state index contributed by atoms with van der Waals surface area (Å²) in [5, 5.41) is 12.8. The van der Waals surface area contributed by atoms with Crippen LogP contribution in [0.4, 0.5) is 17.1 Å². The number of para-hydroxylation sites is 1. The number of fused-ring (bicyclic) bond motifs is 10. The zero-order chi connectivity index (χ0) is 35.6. The van der Waals surface area contributed by atoms with Crippen LogP contribution < -0.4 is 4.90 Å². The second-order valence-corrected chi connectivity index (χ2v) is 15.1.